The van der Waals surface area contributed by atoms with E-state index in [1.165, 1.54) is 29.5 Å². The van der Waals surface area contributed by atoms with Gasteiger partial charge >= 0.3 is 0 Å². The van der Waals surface area contributed by atoms with E-state index in [1.807, 2.05) is 42.7 Å². The molecule has 1 unspecified atom stereocenters. The van der Waals surface area contributed by atoms with Crippen molar-refractivity contribution in [3.8, 4) is 11.8 Å². The van der Waals surface area contributed by atoms with Crippen molar-refractivity contribution in [3.05, 3.63) is 50.6 Å². The summed E-state index contributed by atoms with van der Waals surface area (Å²) in [7, 11) is 0. The van der Waals surface area contributed by atoms with E-state index in [2.05, 4.69) is 37.5 Å². The Morgan fingerprint density at radius 3 is 2.71 bits per heavy atom. The maximum Gasteiger partial charge on any atom is 0.235 e. The molecule has 0 spiro atoms. The van der Waals surface area contributed by atoms with Crippen LogP contribution < -0.4 is 10.1 Å². The molecule has 1 amide bonds. The number of thiophene rings is 1. The quantitative estimate of drug-likeness (QED) is 0.308. The van der Waals surface area contributed by atoms with E-state index in [4.69, 9.17) is 4.74 Å². The highest BCUT2D eigenvalue weighted by molar-refractivity contribution is 9.10. The van der Waals surface area contributed by atoms with Crippen LogP contribution in [0.1, 0.15) is 67.5 Å². The normalized spacial score (nSPS) is 14.3. The number of aromatic nitrogens is 3. The fraction of sp³-hybridized carbons (Fsp3) is 0.440. The lowest BCUT2D eigenvalue weighted by Gasteiger charge is -2.15. The van der Waals surface area contributed by atoms with Gasteiger partial charge in [0.2, 0.25) is 5.91 Å². The number of anilines is 1. The average Bonchev–Trinajstić information content (AvgIpc) is 3.39. The van der Waals surface area contributed by atoms with Gasteiger partial charge in [0.25, 0.3) is 0 Å². The van der Waals surface area contributed by atoms with Gasteiger partial charge in [0.05, 0.1) is 11.3 Å². The van der Waals surface area contributed by atoms with Gasteiger partial charge in [-0.1, -0.05) is 40.5 Å². The van der Waals surface area contributed by atoms with Crippen LogP contribution in [0.3, 0.4) is 0 Å². The number of aryl methyl sites for hydroxylation is 1. The topological polar surface area (TPSA) is 92.8 Å². The van der Waals surface area contributed by atoms with Gasteiger partial charge < -0.3 is 14.6 Å². The predicted octanol–water partition coefficient (Wildman–Crippen LogP) is 6.52. The van der Waals surface area contributed by atoms with Crippen LogP contribution in [-0.2, 0) is 24.2 Å². The van der Waals surface area contributed by atoms with E-state index < -0.39 is 0 Å². The van der Waals surface area contributed by atoms with Crippen LogP contribution >= 0.6 is 39.0 Å². The SMILES string of the molecule is CCn1c(SCC(=O)Nc2sc3c(c2C#N)CCCCCC3)nnc1C(C)Oc1ccc(Br)cc1. The number of carbonyl (C=O) groups is 1. The van der Waals surface area contributed by atoms with Gasteiger partial charge in [-0.2, -0.15) is 5.26 Å². The molecule has 1 N–H and O–H groups in total. The molecule has 0 radical (unpaired) electrons. The van der Waals surface area contributed by atoms with E-state index in [1.54, 1.807) is 11.3 Å². The summed E-state index contributed by atoms with van der Waals surface area (Å²) in [5, 5.41) is 22.7. The molecule has 1 aromatic carbocycles. The predicted molar refractivity (Wildman–Crippen MR) is 143 cm³/mol. The van der Waals surface area contributed by atoms with Gasteiger partial charge in [0.15, 0.2) is 17.1 Å². The first-order valence-electron chi connectivity index (χ1n) is 11.8. The van der Waals surface area contributed by atoms with Crippen molar-refractivity contribution in [1.82, 2.24) is 14.8 Å². The number of nitriles is 1. The molecule has 0 fully saturated rings. The number of carbonyl (C=O) groups excluding carboxylic acids is 1. The summed E-state index contributed by atoms with van der Waals surface area (Å²) in [5.74, 6) is 1.50. The zero-order valence-electron chi connectivity index (χ0n) is 19.8. The number of fused-ring (bicyclic) bond motifs is 1. The number of rotatable bonds is 8. The Balaban J connectivity index is 1.40. The molecule has 0 bridgehead atoms. The fourth-order valence-corrected chi connectivity index (χ4v) is 6.52. The molecule has 0 saturated carbocycles. The van der Waals surface area contributed by atoms with Gasteiger partial charge in [0.1, 0.15) is 16.8 Å². The summed E-state index contributed by atoms with van der Waals surface area (Å²) in [5.41, 5.74) is 1.78. The van der Waals surface area contributed by atoms with Crippen LogP contribution in [0.5, 0.6) is 5.75 Å². The number of benzene rings is 1. The summed E-state index contributed by atoms with van der Waals surface area (Å²) in [6.45, 7) is 4.62. The third-order valence-corrected chi connectivity index (χ3v) is 8.62. The van der Waals surface area contributed by atoms with Gasteiger partial charge in [-0.25, -0.2) is 0 Å². The van der Waals surface area contributed by atoms with Crippen molar-refractivity contribution < 1.29 is 9.53 Å². The van der Waals surface area contributed by atoms with Crippen molar-refractivity contribution in [1.29, 1.82) is 5.26 Å². The third kappa shape index (κ3) is 6.26. The number of ether oxygens (including phenoxy) is 1. The van der Waals surface area contributed by atoms with E-state index in [9.17, 15) is 10.1 Å². The molecule has 1 atom stereocenters. The average molecular weight is 575 g/mol. The largest absolute Gasteiger partial charge is 0.483 e. The zero-order chi connectivity index (χ0) is 24.8. The molecule has 4 rings (SSSR count). The Hall–Kier alpha value is -2.35. The summed E-state index contributed by atoms with van der Waals surface area (Å²) in [6.07, 6.45) is 6.28. The number of halogens is 1. The molecule has 2 heterocycles. The molecular weight excluding hydrogens is 546 g/mol. The molecule has 1 aliphatic rings. The van der Waals surface area contributed by atoms with Gasteiger partial charge in [-0.3, -0.25) is 4.79 Å². The van der Waals surface area contributed by atoms with Crippen LogP contribution in [0.4, 0.5) is 5.00 Å². The molecule has 184 valence electrons. The Morgan fingerprint density at radius 2 is 2.00 bits per heavy atom. The first-order chi connectivity index (χ1) is 17.0. The monoisotopic (exact) mass is 573 g/mol. The van der Waals surface area contributed by atoms with Gasteiger partial charge in [0, 0.05) is 15.9 Å². The van der Waals surface area contributed by atoms with Crippen LogP contribution in [-0.4, -0.2) is 26.4 Å². The second-order valence-electron chi connectivity index (χ2n) is 8.37. The molecule has 7 nitrogen and oxygen atoms in total. The van der Waals surface area contributed by atoms with Gasteiger partial charge in [-0.15, -0.1) is 21.5 Å². The Morgan fingerprint density at radius 1 is 1.26 bits per heavy atom. The highest BCUT2D eigenvalue weighted by atomic mass is 79.9. The summed E-state index contributed by atoms with van der Waals surface area (Å²) in [4.78, 5) is 14.0. The molecule has 1 aliphatic carbocycles. The minimum absolute atomic E-state index is 0.146. The molecule has 0 aliphatic heterocycles. The number of amides is 1. The smallest absolute Gasteiger partial charge is 0.235 e. The molecule has 35 heavy (non-hydrogen) atoms. The standard InChI is InChI=1S/C25H28BrN5O2S2/c1-3-31-23(16(2)33-18-12-10-17(26)11-13-18)29-30-25(31)34-15-22(32)28-24-20(14-27)19-8-6-4-5-7-9-21(19)35-24/h10-13,16H,3-9,15H2,1-2H3,(H,28,32). The first kappa shape index (κ1) is 25.7. The van der Waals surface area contributed by atoms with Crippen LogP contribution in [0.25, 0.3) is 0 Å². The molecule has 10 heteroatoms. The van der Waals surface area contributed by atoms with Crippen LogP contribution in [0, 0.1) is 11.3 Å². The Kier molecular flexibility index (Phi) is 8.87. The lowest BCUT2D eigenvalue weighted by atomic mass is 9.97. The molecular formula is C25H28BrN5O2S2. The van der Waals surface area contributed by atoms with Crippen molar-refractivity contribution >= 4 is 49.9 Å². The van der Waals surface area contributed by atoms with Crippen LogP contribution in [0.2, 0.25) is 0 Å². The first-order valence-corrected chi connectivity index (χ1v) is 14.4. The summed E-state index contributed by atoms with van der Waals surface area (Å²) < 4.78 is 9.00. The molecule has 3 aromatic rings. The minimum atomic E-state index is -0.296. The number of nitrogens with zero attached hydrogens (tertiary/aromatic N) is 4. The molecule has 0 saturated heterocycles. The highest BCUT2D eigenvalue weighted by Crippen LogP contribution is 2.36. The number of hydrogen-bond acceptors (Lipinski definition) is 7. The lowest BCUT2D eigenvalue weighted by Crippen LogP contribution is -2.15. The maximum absolute atomic E-state index is 12.8. The van der Waals surface area contributed by atoms with E-state index in [0.717, 1.165) is 41.5 Å². The Bertz CT molecular complexity index is 1220. The van der Waals surface area contributed by atoms with Crippen LogP contribution in [0.15, 0.2) is 33.9 Å². The summed E-state index contributed by atoms with van der Waals surface area (Å²) >= 11 is 6.33. The number of nitrogens with one attached hydrogen (secondary N) is 1. The number of thioether (sulfide) groups is 1. The van der Waals surface area contributed by atoms with Crippen molar-refractivity contribution in [3.63, 3.8) is 0 Å². The highest BCUT2D eigenvalue weighted by Gasteiger charge is 2.22. The van der Waals surface area contributed by atoms with E-state index in [-0.39, 0.29) is 17.8 Å². The van der Waals surface area contributed by atoms with Crippen molar-refractivity contribution in [2.75, 3.05) is 11.1 Å². The van der Waals surface area contributed by atoms with Crippen molar-refractivity contribution in [2.45, 2.75) is 70.2 Å². The zero-order valence-corrected chi connectivity index (χ0v) is 23.1. The second-order valence-corrected chi connectivity index (χ2v) is 11.3. The van der Waals surface area contributed by atoms with Gasteiger partial charge in [-0.05, 0) is 69.4 Å². The lowest BCUT2D eigenvalue weighted by molar-refractivity contribution is -0.113. The third-order valence-electron chi connectivity index (χ3n) is 5.92. The van der Waals surface area contributed by atoms with E-state index >= 15 is 0 Å². The fourth-order valence-electron chi connectivity index (χ4n) is 4.19. The minimum Gasteiger partial charge on any atom is -0.483 e. The summed E-state index contributed by atoms with van der Waals surface area (Å²) in [6, 6.07) is 9.98. The second kappa shape index (κ2) is 12.1. The Labute approximate surface area is 222 Å². The van der Waals surface area contributed by atoms with E-state index in [0.29, 0.717) is 28.1 Å². The number of hydrogen-bond donors (Lipinski definition) is 1. The maximum atomic E-state index is 12.8. The van der Waals surface area contributed by atoms with Crippen molar-refractivity contribution in [2.24, 2.45) is 0 Å². The molecule has 2 aromatic heterocycles.